The maximum absolute atomic E-state index is 12.0. The quantitative estimate of drug-likeness (QED) is 0.832. The third-order valence-corrected chi connectivity index (χ3v) is 4.39. The van der Waals surface area contributed by atoms with E-state index in [1.165, 1.54) is 6.42 Å². The molecule has 24 heavy (non-hydrogen) atoms. The van der Waals surface area contributed by atoms with E-state index in [-0.39, 0.29) is 5.91 Å². The highest BCUT2D eigenvalue weighted by Gasteiger charge is 2.23. The maximum atomic E-state index is 12.0. The van der Waals surface area contributed by atoms with E-state index in [9.17, 15) is 4.79 Å². The smallest absolute Gasteiger partial charge is 0.227 e. The van der Waals surface area contributed by atoms with Gasteiger partial charge in [-0.15, -0.1) is 0 Å². The molecule has 0 spiro atoms. The highest BCUT2D eigenvalue weighted by atomic mass is 16.5. The first kappa shape index (κ1) is 16.6. The minimum atomic E-state index is 0.0269. The summed E-state index contributed by atoms with van der Waals surface area (Å²) in [4.78, 5) is 22.8. The van der Waals surface area contributed by atoms with Gasteiger partial charge in [-0.05, 0) is 38.1 Å². The molecule has 3 heterocycles. The van der Waals surface area contributed by atoms with Crippen LogP contribution >= 0.6 is 0 Å². The third-order valence-electron chi connectivity index (χ3n) is 4.39. The van der Waals surface area contributed by atoms with Crippen molar-refractivity contribution in [2.45, 2.75) is 38.6 Å². The fraction of sp³-hybridized carbons (Fsp3) is 0.529. The van der Waals surface area contributed by atoms with E-state index in [2.05, 4.69) is 32.3 Å². The summed E-state index contributed by atoms with van der Waals surface area (Å²) >= 11 is 0. The SMILES string of the molecule is CCN1CCC[C@@H]1CNC(=O)CCc1nc(-c2cccnc2)no1. The Hall–Kier alpha value is -2.28. The molecule has 0 radical (unpaired) electrons. The Kier molecular flexibility index (Phi) is 5.53. The van der Waals surface area contributed by atoms with Crippen molar-refractivity contribution in [3.63, 3.8) is 0 Å². The van der Waals surface area contributed by atoms with Crippen molar-refractivity contribution >= 4 is 5.91 Å². The van der Waals surface area contributed by atoms with Crippen LogP contribution in [0.2, 0.25) is 0 Å². The number of hydrogen-bond donors (Lipinski definition) is 1. The number of nitrogens with zero attached hydrogens (tertiary/aromatic N) is 4. The molecule has 1 N–H and O–H groups in total. The third kappa shape index (κ3) is 4.17. The predicted molar refractivity (Wildman–Crippen MR) is 89.1 cm³/mol. The summed E-state index contributed by atoms with van der Waals surface area (Å²) < 4.78 is 5.20. The summed E-state index contributed by atoms with van der Waals surface area (Å²) in [5, 5.41) is 6.95. The van der Waals surface area contributed by atoms with Gasteiger partial charge in [-0.2, -0.15) is 4.98 Å². The Morgan fingerprint density at radius 3 is 3.21 bits per heavy atom. The molecule has 0 aromatic carbocycles. The highest BCUT2D eigenvalue weighted by molar-refractivity contribution is 5.76. The van der Waals surface area contributed by atoms with E-state index < -0.39 is 0 Å². The lowest BCUT2D eigenvalue weighted by molar-refractivity contribution is -0.121. The minimum Gasteiger partial charge on any atom is -0.355 e. The van der Waals surface area contributed by atoms with Gasteiger partial charge >= 0.3 is 0 Å². The van der Waals surface area contributed by atoms with E-state index >= 15 is 0 Å². The number of aromatic nitrogens is 3. The standard InChI is InChI=1S/C17H23N5O2/c1-2-22-10-4-6-14(22)12-19-15(23)7-8-16-20-17(21-24-16)13-5-3-9-18-11-13/h3,5,9,11,14H,2,4,6-8,10,12H2,1H3,(H,19,23)/t14-/m1/s1. The monoisotopic (exact) mass is 329 g/mol. The summed E-state index contributed by atoms with van der Waals surface area (Å²) in [5.74, 6) is 1.00. The molecule has 1 amide bonds. The average Bonchev–Trinajstić information content (AvgIpc) is 3.28. The molecule has 0 bridgehead atoms. The number of amides is 1. The zero-order valence-electron chi connectivity index (χ0n) is 13.9. The Balaban J connectivity index is 1.44. The Morgan fingerprint density at radius 2 is 2.42 bits per heavy atom. The number of rotatable bonds is 7. The number of likely N-dealkylation sites (N-methyl/N-ethyl adjacent to an activating group) is 1. The highest BCUT2D eigenvalue weighted by Crippen LogP contribution is 2.16. The zero-order chi connectivity index (χ0) is 16.8. The molecule has 0 unspecified atom stereocenters. The van der Waals surface area contributed by atoms with E-state index in [0.29, 0.717) is 30.6 Å². The van der Waals surface area contributed by atoms with Gasteiger partial charge in [-0.25, -0.2) is 0 Å². The first-order chi connectivity index (χ1) is 11.8. The second-order valence-corrected chi connectivity index (χ2v) is 5.98. The summed E-state index contributed by atoms with van der Waals surface area (Å²) in [7, 11) is 0. The lowest BCUT2D eigenvalue weighted by Gasteiger charge is -2.22. The normalized spacial score (nSPS) is 18.0. The topological polar surface area (TPSA) is 84.2 Å². The van der Waals surface area contributed by atoms with Crippen molar-refractivity contribution in [2.75, 3.05) is 19.6 Å². The lowest BCUT2D eigenvalue weighted by Crippen LogP contribution is -2.40. The van der Waals surface area contributed by atoms with Gasteiger partial charge in [0.25, 0.3) is 0 Å². The molecular formula is C17H23N5O2. The van der Waals surface area contributed by atoms with Crippen LogP contribution < -0.4 is 5.32 Å². The predicted octanol–water partition coefficient (Wildman–Crippen LogP) is 1.66. The Morgan fingerprint density at radius 1 is 1.50 bits per heavy atom. The van der Waals surface area contributed by atoms with E-state index in [1.807, 2.05) is 12.1 Å². The first-order valence-electron chi connectivity index (χ1n) is 8.50. The van der Waals surface area contributed by atoms with E-state index in [1.54, 1.807) is 12.4 Å². The van der Waals surface area contributed by atoms with Gasteiger partial charge in [-0.1, -0.05) is 12.1 Å². The number of pyridine rings is 1. The number of aryl methyl sites for hydroxylation is 1. The molecule has 2 aromatic heterocycles. The second-order valence-electron chi connectivity index (χ2n) is 5.98. The van der Waals surface area contributed by atoms with Gasteiger partial charge in [0, 0.05) is 43.4 Å². The molecule has 7 heteroatoms. The number of likely N-dealkylation sites (tertiary alicyclic amines) is 1. The number of carbonyl (C=O) groups is 1. The molecule has 1 atom stereocenters. The van der Waals surface area contributed by atoms with Gasteiger partial charge in [0.2, 0.25) is 17.6 Å². The van der Waals surface area contributed by atoms with Crippen LogP contribution in [-0.4, -0.2) is 51.6 Å². The molecule has 1 aliphatic heterocycles. The van der Waals surface area contributed by atoms with E-state index in [4.69, 9.17) is 4.52 Å². The van der Waals surface area contributed by atoms with Crippen LogP contribution in [-0.2, 0) is 11.2 Å². The van der Waals surface area contributed by atoms with Crippen molar-refractivity contribution in [2.24, 2.45) is 0 Å². The van der Waals surface area contributed by atoms with Crippen LogP contribution in [0.25, 0.3) is 11.4 Å². The van der Waals surface area contributed by atoms with Gasteiger partial charge in [0.05, 0.1) is 0 Å². The number of carbonyl (C=O) groups excluding carboxylic acids is 1. The van der Waals surface area contributed by atoms with E-state index in [0.717, 1.165) is 31.6 Å². The zero-order valence-corrected chi connectivity index (χ0v) is 13.9. The molecule has 2 aromatic rings. The minimum absolute atomic E-state index is 0.0269. The largest absolute Gasteiger partial charge is 0.355 e. The molecule has 0 aliphatic carbocycles. The fourth-order valence-corrected chi connectivity index (χ4v) is 3.05. The second kappa shape index (κ2) is 8.01. The van der Waals surface area contributed by atoms with Gasteiger partial charge in [-0.3, -0.25) is 14.7 Å². The summed E-state index contributed by atoms with van der Waals surface area (Å²) in [6.45, 7) is 5.06. The summed E-state index contributed by atoms with van der Waals surface area (Å²) in [6, 6.07) is 4.16. The van der Waals surface area contributed by atoms with Crippen molar-refractivity contribution < 1.29 is 9.32 Å². The van der Waals surface area contributed by atoms with Gasteiger partial charge in [0.1, 0.15) is 0 Å². The van der Waals surface area contributed by atoms with Crippen molar-refractivity contribution in [1.82, 2.24) is 25.3 Å². The molecule has 3 rings (SSSR count). The maximum Gasteiger partial charge on any atom is 0.227 e. The molecule has 1 aliphatic rings. The molecule has 1 saturated heterocycles. The summed E-state index contributed by atoms with van der Waals surface area (Å²) in [5.41, 5.74) is 0.804. The van der Waals surface area contributed by atoms with Gasteiger partial charge in [0.15, 0.2) is 0 Å². The number of nitrogens with one attached hydrogen (secondary N) is 1. The Labute approximate surface area is 141 Å². The van der Waals surface area contributed by atoms with Crippen LogP contribution in [0.15, 0.2) is 29.0 Å². The van der Waals surface area contributed by atoms with Gasteiger partial charge < -0.3 is 9.84 Å². The molecule has 0 saturated carbocycles. The molecule has 1 fully saturated rings. The number of hydrogen-bond acceptors (Lipinski definition) is 6. The molecule has 128 valence electrons. The lowest BCUT2D eigenvalue weighted by atomic mass is 10.2. The summed E-state index contributed by atoms with van der Waals surface area (Å²) in [6.07, 6.45) is 6.55. The van der Waals surface area contributed by atoms with Crippen LogP contribution in [0, 0.1) is 0 Å². The van der Waals surface area contributed by atoms with Crippen molar-refractivity contribution in [3.8, 4) is 11.4 Å². The van der Waals surface area contributed by atoms with Crippen molar-refractivity contribution in [3.05, 3.63) is 30.4 Å². The fourth-order valence-electron chi connectivity index (χ4n) is 3.05. The van der Waals surface area contributed by atoms with Crippen LogP contribution in [0.3, 0.4) is 0 Å². The molecular weight excluding hydrogens is 306 g/mol. The molecule has 7 nitrogen and oxygen atoms in total. The first-order valence-corrected chi connectivity index (χ1v) is 8.50. The van der Waals surface area contributed by atoms with Crippen LogP contribution in [0.4, 0.5) is 0 Å². The van der Waals surface area contributed by atoms with Crippen molar-refractivity contribution in [1.29, 1.82) is 0 Å². The van der Waals surface area contributed by atoms with Crippen LogP contribution in [0.5, 0.6) is 0 Å². The Bertz CT molecular complexity index is 658. The average molecular weight is 329 g/mol. The van der Waals surface area contributed by atoms with Crippen LogP contribution in [0.1, 0.15) is 32.1 Å².